The highest BCUT2D eigenvalue weighted by molar-refractivity contribution is 5.93. The number of hydrogen-bond acceptors (Lipinski definition) is 9. The lowest BCUT2D eigenvalue weighted by Gasteiger charge is -2.14. The van der Waals surface area contributed by atoms with Gasteiger partial charge in [-0.2, -0.15) is 13.2 Å². The summed E-state index contributed by atoms with van der Waals surface area (Å²) in [6, 6.07) is 14.3. The van der Waals surface area contributed by atoms with E-state index < -0.39 is 23.9 Å². The van der Waals surface area contributed by atoms with Gasteiger partial charge in [0.2, 0.25) is 0 Å². The van der Waals surface area contributed by atoms with Crippen LogP contribution in [0.3, 0.4) is 0 Å². The molecule has 0 saturated heterocycles. The molecule has 3 aromatic rings. The Bertz CT molecular complexity index is 1480. The number of halogens is 3. The molecule has 0 aromatic heterocycles. The maximum absolute atomic E-state index is 12.6. The smallest absolute Gasteiger partial charge is 0.453 e. The molecular formula is C30H25F3O9. The number of carbonyl (C=O) groups excluding carboxylic acids is 2. The highest BCUT2D eigenvalue weighted by Crippen LogP contribution is 2.37. The summed E-state index contributed by atoms with van der Waals surface area (Å²) in [5, 5.41) is 10.7. The van der Waals surface area contributed by atoms with Gasteiger partial charge < -0.3 is 24.1 Å². The molecule has 0 atom stereocenters. The molecule has 0 spiro atoms. The summed E-state index contributed by atoms with van der Waals surface area (Å²) >= 11 is 0. The minimum absolute atomic E-state index is 0.00270. The Morgan fingerprint density at radius 1 is 0.905 bits per heavy atom. The van der Waals surface area contributed by atoms with Crippen LogP contribution >= 0.6 is 0 Å². The molecule has 3 rings (SSSR count). The standard InChI is InChI=1S/C30H25F3O9/c1-18(17-37-3)29(36)40-27-16-25(20-5-8-24(9-6-20)42-41-19(2)30(31,32)33)26(34)15-21(27)7-14-28(35)39-23-12-10-22(38-4)11-13-23/h5-16,34H,1-2,17H2,3-4H3/b14-7+. The molecule has 220 valence electrons. The number of aromatic hydroxyl groups is 1. The second kappa shape index (κ2) is 13.9. The fourth-order valence-corrected chi connectivity index (χ4v) is 3.23. The Labute approximate surface area is 238 Å². The molecule has 0 bridgehead atoms. The van der Waals surface area contributed by atoms with Gasteiger partial charge in [-0.3, -0.25) is 9.78 Å². The van der Waals surface area contributed by atoms with Gasteiger partial charge in [0, 0.05) is 24.3 Å². The molecule has 0 amide bonds. The van der Waals surface area contributed by atoms with Crippen LogP contribution in [-0.2, 0) is 19.2 Å². The molecule has 42 heavy (non-hydrogen) atoms. The van der Waals surface area contributed by atoms with Gasteiger partial charge in [0.15, 0.2) is 5.75 Å². The second-order valence-corrected chi connectivity index (χ2v) is 8.38. The number of phenols is 1. The molecule has 0 radical (unpaired) electrons. The number of methoxy groups -OCH3 is 2. The molecule has 0 fully saturated rings. The van der Waals surface area contributed by atoms with Crippen LogP contribution in [0.15, 0.2) is 91.2 Å². The SMILES string of the molecule is C=C(COC)C(=O)Oc1cc(-c2ccc(OOC(=C)C(F)(F)F)cc2)c(O)cc1/C=C/C(=O)Oc1ccc(OC)cc1. The third-order valence-corrected chi connectivity index (χ3v) is 5.33. The van der Waals surface area contributed by atoms with Gasteiger partial charge in [0.05, 0.1) is 19.3 Å². The number of ether oxygens (including phenoxy) is 4. The second-order valence-electron chi connectivity index (χ2n) is 8.38. The summed E-state index contributed by atoms with van der Waals surface area (Å²) in [5.74, 6) is -2.70. The third-order valence-electron chi connectivity index (χ3n) is 5.33. The van der Waals surface area contributed by atoms with Crippen molar-refractivity contribution in [2.24, 2.45) is 0 Å². The molecule has 0 aliphatic rings. The normalized spacial score (nSPS) is 11.1. The topological polar surface area (TPSA) is 110 Å². The number of carbonyl (C=O) groups is 2. The van der Waals surface area contributed by atoms with Crippen LogP contribution in [0, 0.1) is 0 Å². The van der Waals surface area contributed by atoms with Crippen molar-refractivity contribution in [3.05, 3.63) is 96.8 Å². The minimum atomic E-state index is -4.79. The van der Waals surface area contributed by atoms with Crippen molar-refractivity contribution in [3.63, 3.8) is 0 Å². The van der Waals surface area contributed by atoms with E-state index in [0.29, 0.717) is 11.3 Å². The first kappa shape index (κ1) is 31.3. The van der Waals surface area contributed by atoms with E-state index in [-0.39, 0.29) is 46.3 Å². The summed E-state index contributed by atoms with van der Waals surface area (Å²) in [7, 11) is 2.87. The van der Waals surface area contributed by atoms with Crippen LogP contribution in [-0.4, -0.2) is 44.0 Å². The number of allylic oxidation sites excluding steroid dienone is 1. The van der Waals surface area contributed by atoms with Crippen molar-refractivity contribution in [2.75, 3.05) is 20.8 Å². The Kier molecular flexibility index (Phi) is 10.4. The average molecular weight is 587 g/mol. The fourth-order valence-electron chi connectivity index (χ4n) is 3.23. The van der Waals surface area contributed by atoms with Gasteiger partial charge in [-0.25, -0.2) is 9.59 Å². The van der Waals surface area contributed by atoms with Crippen LogP contribution in [0.4, 0.5) is 13.2 Å². The van der Waals surface area contributed by atoms with E-state index in [1.807, 2.05) is 0 Å². The molecule has 0 saturated carbocycles. The number of phenolic OH excluding ortho intramolecular Hbond substituents is 1. The first-order valence-corrected chi connectivity index (χ1v) is 11.9. The van der Waals surface area contributed by atoms with Crippen molar-refractivity contribution in [2.45, 2.75) is 6.18 Å². The maximum Gasteiger partial charge on any atom is 0.453 e. The minimum Gasteiger partial charge on any atom is -0.507 e. The Balaban J connectivity index is 1.87. The zero-order chi connectivity index (χ0) is 30.9. The van der Waals surface area contributed by atoms with E-state index in [0.717, 1.165) is 6.08 Å². The number of esters is 2. The number of rotatable bonds is 12. The maximum atomic E-state index is 12.6. The highest BCUT2D eigenvalue weighted by Gasteiger charge is 2.36. The number of benzene rings is 3. The van der Waals surface area contributed by atoms with Crippen LogP contribution in [0.1, 0.15) is 5.56 Å². The quantitative estimate of drug-likeness (QED) is 0.0664. The average Bonchev–Trinajstić information content (AvgIpc) is 2.96. The molecule has 0 heterocycles. The largest absolute Gasteiger partial charge is 0.507 e. The van der Waals surface area contributed by atoms with Gasteiger partial charge >= 0.3 is 18.1 Å². The lowest BCUT2D eigenvalue weighted by Crippen LogP contribution is -2.15. The Hall–Kier alpha value is -5.23. The molecule has 0 aliphatic carbocycles. The molecule has 1 N–H and O–H groups in total. The first-order valence-electron chi connectivity index (χ1n) is 11.9. The molecule has 9 nitrogen and oxygen atoms in total. The van der Waals surface area contributed by atoms with Gasteiger partial charge in [0.25, 0.3) is 5.76 Å². The van der Waals surface area contributed by atoms with E-state index in [4.69, 9.17) is 18.9 Å². The molecule has 0 unspecified atom stereocenters. The van der Waals surface area contributed by atoms with Crippen LogP contribution in [0.5, 0.6) is 28.7 Å². The fraction of sp³-hybridized carbons (Fsp3) is 0.133. The summed E-state index contributed by atoms with van der Waals surface area (Å²) in [6.45, 7) is 6.24. The lowest BCUT2D eigenvalue weighted by atomic mass is 10.0. The highest BCUT2D eigenvalue weighted by atomic mass is 19.4. The zero-order valence-electron chi connectivity index (χ0n) is 22.4. The van der Waals surface area contributed by atoms with Crippen molar-refractivity contribution >= 4 is 18.0 Å². The molecule has 12 heteroatoms. The van der Waals surface area contributed by atoms with Crippen molar-refractivity contribution in [3.8, 4) is 39.9 Å². The summed E-state index contributed by atoms with van der Waals surface area (Å²) in [4.78, 5) is 33.8. The van der Waals surface area contributed by atoms with E-state index >= 15 is 0 Å². The lowest BCUT2D eigenvalue weighted by molar-refractivity contribution is -0.233. The zero-order valence-corrected chi connectivity index (χ0v) is 22.4. The van der Waals surface area contributed by atoms with Crippen LogP contribution < -0.4 is 19.1 Å². The molecule has 3 aromatic carbocycles. The van der Waals surface area contributed by atoms with Gasteiger partial charge in [0.1, 0.15) is 23.0 Å². The van der Waals surface area contributed by atoms with E-state index in [1.54, 1.807) is 12.1 Å². The van der Waals surface area contributed by atoms with Crippen molar-refractivity contribution in [1.29, 1.82) is 0 Å². The predicted molar refractivity (Wildman–Crippen MR) is 145 cm³/mol. The van der Waals surface area contributed by atoms with Crippen molar-refractivity contribution in [1.82, 2.24) is 0 Å². The van der Waals surface area contributed by atoms with E-state index in [1.165, 1.54) is 68.8 Å². The van der Waals surface area contributed by atoms with E-state index in [9.17, 15) is 27.9 Å². The van der Waals surface area contributed by atoms with Gasteiger partial charge in [-0.15, -0.1) is 0 Å². The summed E-state index contributed by atoms with van der Waals surface area (Å²) in [6.07, 6.45) is -2.45. The third kappa shape index (κ3) is 8.63. The number of hydrogen-bond donors (Lipinski definition) is 1. The Morgan fingerprint density at radius 3 is 2.12 bits per heavy atom. The first-order chi connectivity index (χ1) is 19.9. The van der Waals surface area contributed by atoms with Gasteiger partial charge in [-0.1, -0.05) is 18.7 Å². The summed E-state index contributed by atoms with van der Waals surface area (Å²) < 4.78 is 58.3. The van der Waals surface area contributed by atoms with E-state index in [2.05, 4.69) is 22.9 Å². The number of alkyl halides is 3. The molecular weight excluding hydrogens is 561 g/mol. The molecule has 0 aliphatic heterocycles. The van der Waals surface area contributed by atoms with Crippen LogP contribution in [0.25, 0.3) is 17.2 Å². The predicted octanol–water partition coefficient (Wildman–Crippen LogP) is 6.18. The monoisotopic (exact) mass is 586 g/mol. The van der Waals surface area contributed by atoms with Crippen molar-refractivity contribution < 1.29 is 56.6 Å². The Morgan fingerprint density at radius 2 is 1.52 bits per heavy atom. The van der Waals surface area contributed by atoms with Gasteiger partial charge in [-0.05, 0) is 66.7 Å². The van der Waals surface area contributed by atoms with Crippen LogP contribution in [0.2, 0.25) is 0 Å². The summed E-state index contributed by atoms with van der Waals surface area (Å²) in [5.41, 5.74) is 0.695.